The van der Waals surface area contributed by atoms with E-state index in [1.807, 2.05) is 12.1 Å². The summed E-state index contributed by atoms with van der Waals surface area (Å²) < 4.78 is 50.8. The topological polar surface area (TPSA) is 41.5 Å². The molecule has 1 aromatic heterocycles. The van der Waals surface area contributed by atoms with Gasteiger partial charge in [-0.05, 0) is 81.1 Å². The molecule has 5 nitrogen and oxygen atoms in total. The molecular formula is C30H33F3N4O. The average molecular weight is 523 g/mol. The van der Waals surface area contributed by atoms with Crippen molar-refractivity contribution >= 4 is 5.69 Å². The third kappa shape index (κ3) is 4.98. The molecule has 2 fully saturated rings. The fourth-order valence-electron chi connectivity index (χ4n) is 6.24. The maximum absolute atomic E-state index is 15.2. The Labute approximate surface area is 221 Å². The van der Waals surface area contributed by atoms with Crippen LogP contribution in [0.15, 0.2) is 36.5 Å². The summed E-state index contributed by atoms with van der Waals surface area (Å²) in [6.45, 7) is 3.04. The van der Waals surface area contributed by atoms with E-state index >= 15 is 8.78 Å². The van der Waals surface area contributed by atoms with Gasteiger partial charge < -0.3 is 14.5 Å². The molecule has 1 saturated carbocycles. The van der Waals surface area contributed by atoms with Crippen molar-refractivity contribution in [3.63, 3.8) is 0 Å². The minimum Gasteiger partial charge on any atom is -0.486 e. The molecule has 0 atom stereocenters. The lowest BCUT2D eigenvalue weighted by Crippen LogP contribution is -2.40. The minimum absolute atomic E-state index is 0.0389. The van der Waals surface area contributed by atoms with Crippen LogP contribution in [0.1, 0.15) is 61.4 Å². The van der Waals surface area contributed by atoms with Crippen molar-refractivity contribution in [2.75, 3.05) is 38.2 Å². The van der Waals surface area contributed by atoms with Gasteiger partial charge >= 0.3 is 0 Å². The average Bonchev–Trinajstić information content (AvgIpc) is 3.45. The van der Waals surface area contributed by atoms with Gasteiger partial charge in [-0.2, -0.15) is 0 Å². The van der Waals surface area contributed by atoms with Gasteiger partial charge in [0.05, 0.1) is 18.4 Å². The summed E-state index contributed by atoms with van der Waals surface area (Å²) in [5.74, 6) is -0.562. The second kappa shape index (κ2) is 10.6. The Kier molecular flexibility index (Phi) is 6.99. The Morgan fingerprint density at radius 2 is 1.71 bits per heavy atom. The van der Waals surface area contributed by atoms with Gasteiger partial charge in [-0.3, -0.25) is 0 Å². The molecule has 1 saturated heterocycles. The normalized spacial score (nSPS) is 19.0. The van der Waals surface area contributed by atoms with Crippen molar-refractivity contribution in [2.24, 2.45) is 0 Å². The molecule has 0 radical (unpaired) electrons. The molecule has 38 heavy (non-hydrogen) atoms. The van der Waals surface area contributed by atoms with Crippen molar-refractivity contribution in [1.82, 2.24) is 14.9 Å². The number of rotatable bonds is 5. The van der Waals surface area contributed by atoms with Gasteiger partial charge in [0.25, 0.3) is 0 Å². The smallest absolute Gasteiger partial charge is 0.178 e. The van der Waals surface area contributed by atoms with Gasteiger partial charge in [-0.25, -0.2) is 23.1 Å². The second-order valence-electron chi connectivity index (χ2n) is 10.9. The highest BCUT2D eigenvalue weighted by molar-refractivity contribution is 5.72. The maximum Gasteiger partial charge on any atom is 0.178 e. The first-order chi connectivity index (χ1) is 18.5. The number of benzene rings is 2. The zero-order valence-electron chi connectivity index (χ0n) is 21.7. The van der Waals surface area contributed by atoms with Crippen LogP contribution in [0.3, 0.4) is 0 Å². The van der Waals surface area contributed by atoms with E-state index in [0.717, 1.165) is 63.4 Å². The molecule has 8 heteroatoms. The molecule has 0 spiro atoms. The zero-order valence-corrected chi connectivity index (χ0v) is 21.7. The van der Waals surface area contributed by atoms with Gasteiger partial charge in [0, 0.05) is 18.0 Å². The molecular weight excluding hydrogens is 489 g/mol. The Morgan fingerprint density at radius 3 is 2.47 bits per heavy atom. The number of hydrogen-bond donors (Lipinski definition) is 0. The molecule has 2 aliphatic heterocycles. The largest absolute Gasteiger partial charge is 0.486 e. The van der Waals surface area contributed by atoms with Crippen LogP contribution < -0.4 is 9.64 Å². The van der Waals surface area contributed by atoms with Crippen LogP contribution in [0.2, 0.25) is 0 Å². The lowest BCUT2D eigenvalue weighted by molar-refractivity contribution is 0.253. The highest BCUT2D eigenvalue weighted by Crippen LogP contribution is 2.41. The summed E-state index contributed by atoms with van der Waals surface area (Å²) in [5.41, 5.74) is 2.51. The van der Waals surface area contributed by atoms with E-state index < -0.39 is 11.6 Å². The number of piperidine rings is 1. The third-order valence-corrected chi connectivity index (χ3v) is 8.33. The SMILES string of the molecule is CN1CCC(c2ccc(Cc3ncc(F)c(-c4cc(F)c5c(c4)N(C4CCCC4)CCO5)n3)cc2F)CC1. The van der Waals surface area contributed by atoms with E-state index in [1.54, 1.807) is 6.07 Å². The predicted molar refractivity (Wildman–Crippen MR) is 141 cm³/mol. The highest BCUT2D eigenvalue weighted by atomic mass is 19.1. The second-order valence-corrected chi connectivity index (χ2v) is 10.9. The molecule has 1 aliphatic carbocycles. The molecule has 0 N–H and O–H groups in total. The number of anilines is 1. The van der Waals surface area contributed by atoms with Crippen LogP contribution in [0, 0.1) is 17.5 Å². The van der Waals surface area contributed by atoms with E-state index in [2.05, 4.69) is 26.8 Å². The van der Waals surface area contributed by atoms with Crippen molar-refractivity contribution in [1.29, 1.82) is 0 Å². The fourth-order valence-corrected chi connectivity index (χ4v) is 6.24. The Balaban J connectivity index is 1.27. The number of halogens is 3. The van der Waals surface area contributed by atoms with Crippen LogP contribution in [0.25, 0.3) is 11.3 Å². The van der Waals surface area contributed by atoms with Crippen LogP contribution >= 0.6 is 0 Å². The summed E-state index contributed by atoms with van der Waals surface area (Å²) >= 11 is 0. The highest BCUT2D eigenvalue weighted by Gasteiger charge is 2.30. The standard InChI is InChI=1S/C30H33F3N4O/c1-36-10-8-20(9-11-36)23-7-6-19(14-24(23)31)15-28-34-18-26(33)29(35-28)21-16-25(32)30-27(17-21)37(12-13-38-30)22-4-2-3-5-22/h6-7,14,16-18,20,22H,2-5,8-13,15H2,1H3. The fraction of sp³-hybridized carbons (Fsp3) is 0.467. The monoisotopic (exact) mass is 522 g/mol. The van der Waals surface area contributed by atoms with Crippen molar-refractivity contribution in [3.8, 4) is 17.0 Å². The number of fused-ring (bicyclic) bond motifs is 1. The maximum atomic E-state index is 15.2. The molecule has 3 heterocycles. The van der Waals surface area contributed by atoms with Crippen LogP contribution in [0.5, 0.6) is 5.75 Å². The summed E-state index contributed by atoms with van der Waals surface area (Å²) in [6, 6.07) is 8.70. The molecule has 200 valence electrons. The lowest BCUT2D eigenvalue weighted by Gasteiger charge is -2.36. The van der Waals surface area contributed by atoms with Gasteiger partial charge in [0.2, 0.25) is 0 Å². The Bertz CT molecular complexity index is 1320. The summed E-state index contributed by atoms with van der Waals surface area (Å²) in [5, 5.41) is 0. The van der Waals surface area contributed by atoms with Gasteiger partial charge in [0.15, 0.2) is 17.4 Å². The van der Waals surface area contributed by atoms with Crippen molar-refractivity contribution in [2.45, 2.75) is 56.9 Å². The third-order valence-electron chi connectivity index (χ3n) is 8.33. The van der Waals surface area contributed by atoms with Gasteiger partial charge in [0.1, 0.15) is 23.9 Å². The summed E-state index contributed by atoms with van der Waals surface area (Å²) in [7, 11) is 2.09. The summed E-state index contributed by atoms with van der Waals surface area (Å²) in [4.78, 5) is 13.1. The van der Waals surface area contributed by atoms with E-state index in [1.165, 1.54) is 12.1 Å². The number of likely N-dealkylation sites (tertiary alicyclic amines) is 1. The van der Waals surface area contributed by atoms with E-state index in [0.29, 0.717) is 41.8 Å². The van der Waals surface area contributed by atoms with Gasteiger partial charge in [-0.1, -0.05) is 25.0 Å². The van der Waals surface area contributed by atoms with Gasteiger partial charge in [-0.15, -0.1) is 0 Å². The molecule has 3 aliphatic rings. The van der Waals surface area contributed by atoms with Crippen LogP contribution in [-0.2, 0) is 6.42 Å². The predicted octanol–water partition coefficient (Wildman–Crippen LogP) is 6.10. The van der Waals surface area contributed by atoms with E-state index in [4.69, 9.17) is 4.74 Å². The number of nitrogens with zero attached hydrogens (tertiary/aromatic N) is 4. The van der Waals surface area contributed by atoms with E-state index in [9.17, 15) is 4.39 Å². The zero-order chi connectivity index (χ0) is 26.2. The number of hydrogen-bond acceptors (Lipinski definition) is 5. The lowest BCUT2D eigenvalue weighted by atomic mass is 9.88. The first kappa shape index (κ1) is 25.2. The summed E-state index contributed by atoms with van der Waals surface area (Å²) in [6.07, 6.45) is 7.68. The molecule has 0 unspecified atom stereocenters. The minimum atomic E-state index is -0.624. The molecule has 6 rings (SSSR count). The molecule has 0 bridgehead atoms. The first-order valence-electron chi connectivity index (χ1n) is 13.7. The molecule has 0 amide bonds. The van der Waals surface area contributed by atoms with Crippen molar-refractivity contribution in [3.05, 3.63) is 70.9 Å². The molecule has 2 aromatic carbocycles. The first-order valence-corrected chi connectivity index (χ1v) is 13.7. The Morgan fingerprint density at radius 1 is 0.921 bits per heavy atom. The van der Waals surface area contributed by atoms with Crippen LogP contribution in [0.4, 0.5) is 18.9 Å². The Hall–Kier alpha value is -3.13. The van der Waals surface area contributed by atoms with Crippen molar-refractivity contribution < 1.29 is 17.9 Å². The number of ether oxygens (including phenoxy) is 1. The quantitative estimate of drug-likeness (QED) is 0.405. The number of aromatic nitrogens is 2. The van der Waals surface area contributed by atoms with Crippen LogP contribution in [-0.4, -0.2) is 54.2 Å². The van der Waals surface area contributed by atoms with E-state index in [-0.39, 0.29) is 29.6 Å². The molecule has 3 aromatic rings.